The molecule has 0 aromatic carbocycles. The van der Waals surface area contributed by atoms with Crippen LogP contribution in [0.4, 0.5) is 0 Å². The SMILES string of the molecule is Cn1cnn(CC(=O)N(CC(=O)N2CCCC2)CC2CCCO2)c1=O. The van der Waals surface area contributed by atoms with Crippen molar-refractivity contribution in [1.82, 2.24) is 24.1 Å². The monoisotopic (exact) mass is 351 g/mol. The molecule has 0 saturated carbocycles. The zero-order chi connectivity index (χ0) is 17.8. The maximum absolute atomic E-state index is 12.7. The summed E-state index contributed by atoms with van der Waals surface area (Å²) in [7, 11) is 1.58. The molecule has 2 amide bonds. The molecule has 9 heteroatoms. The molecule has 3 rings (SSSR count). The van der Waals surface area contributed by atoms with Crippen LogP contribution in [-0.2, 0) is 27.9 Å². The molecule has 25 heavy (non-hydrogen) atoms. The molecule has 138 valence electrons. The van der Waals surface area contributed by atoms with E-state index in [4.69, 9.17) is 4.74 Å². The third-order valence-corrected chi connectivity index (χ3v) is 4.76. The summed E-state index contributed by atoms with van der Waals surface area (Å²) >= 11 is 0. The van der Waals surface area contributed by atoms with Crippen LogP contribution < -0.4 is 5.69 Å². The Bertz CT molecular complexity index is 670. The van der Waals surface area contributed by atoms with Crippen LogP contribution in [-0.4, -0.2) is 74.9 Å². The average Bonchev–Trinajstić information content (AvgIpc) is 3.33. The number of hydrogen-bond acceptors (Lipinski definition) is 5. The summed E-state index contributed by atoms with van der Waals surface area (Å²) in [6.07, 6.45) is 5.19. The van der Waals surface area contributed by atoms with Crippen molar-refractivity contribution >= 4 is 11.8 Å². The van der Waals surface area contributed by atoms with Gasteiger partial charge in [-0.1, -0.05) is 0 Å². The fourth-order valence-electron chi connectivity index (χ4n) is 3.28. The molecule has 1 unspecified atom stereocenters. The number of carbonyl (C=O) groups is 2. The first-order chi connectivity index (χ1) is 12.0. The average molecular weight is 351 g/mol. The van der Waals surface area contributed by atoms with Crippen LogP contribution in [0, 0.1) is 0 Å². The minimum Gasteiger partial charge on any atom is -0.376 e. The zero-order valence-electron chi connectivity index (χ0n) is 14.6. The number of ether oxygens (including phenoxy) is 1. The van der Waals surface area contributed by atoms with Gasteiger partial charge in [0, 0.05) is 33.3 Å². The van der Waals surface area contributed by atoms with Crippen LogP contribution >= 0.6 is 0 Å². The smallest absolute Gasteiger partial charge is 0.345 e. The van der Waals surface area contributed by atoms with Gasteiger partial charge in [0.1, 0.15) is 12.9 Å². The number of nitrogens with zero attached hydrogens (tertiary/aromatic N) is 5. The van der Waals surface area contributed by atoms with Crippen molar-refractivity contribution in [2.45, 2.75) is 38.3 Å². The molecule has 3 heterocycles. The fraction of sp³-hybridized carbons (Fsp3) is 0.750. The number of likely N-dealkylation sites (tertiary alicyclic amines) is 1. The van der Waals surface area contributed by atoms with Crippen molar-refractivity contribution in [3.8, 4) is 0 Å². The highest BCUT2D eigenvalue weighted by Crippen LogP contribution is 2.14. The minimum absolute atomic E-state index is 0.0281. The second-order valence-corrected chi connectivity index (χ2v) is 6.68. The Hall–Kier alpha value is -2.16. The molecule has 2 aliphatic heterocycles. The van der Waals surface area contributed by atoms with Crippen LogP contribution in [0.5, 0.6) is 0 Å². The van der Waals surface area contributed by atoms with E-state index in [0.29, 0.717) is 13.2 Å². The molecular weight excluding hydrogens is 326 g/mol. The van der Waals surface area contributed by atoms with Crippen LogP contribution in [0.2, 0.25) is 0 Å². The topological polar surface area (TPSA) is 89.7 Å². The lowest BCUT2D eigenvalue weighted by atomic mass is 10.2. The highest BCUT2D eigenvalue weighted by Gasteiger charge is 2.27. The van der Waals surface area contributed by atoms with Gasteiger partial charge in [0.15, 0.2) is 0 Å². The summed E-state index contributed by atoms with van der Waals surface area (Å²) in [5.74, 6) is -0.332. The number of aryl methyl sites for hydroxylation is 1. The summed E-state index contributed by atoms with van der Waals surface area (Å²) in [6, 6.07) is 0. The molecule has 1 atom stereocenters. The van der Waals surface area contributed by atoms with Gasteiger partial charge < -0.3 is 14.5 Å². The van der Waals surface area contributed by atoms with Gasteiger partial charge in [0.2, 0.25) is 11.8 Å². The first-order valence-corrected chi connectivity index (χ1v) is 8.80. The highest BCUT2D eigenvalue weighted by molar-refractivity contribution is 5.84. The van der Waals surface area contributed by atoms with Gasteiger partial charge in [-0.05, 0) is 25.7 Å². The number of aromatic nitrogens is 3. The summed E-state index contributed by atoms with van der Waals surface area (Å²) in [6.45, 7) is 2.42. The molecule has 1 aromatic heterocycles. The van der Waals surface area contributed by atoms with Gasteiger partial charge in [-0.3, -0.25) is 14.2 Å². The number of rotatable bonds is 6. The van der Waals surface area contributed by atoms with Crippen molar-refractivity contribution in [1.29, 1.82) is 0 Å². The third-order valence-electron chi connectivity index (χ3n) is 4.76. The maximum atomic E-state index is 12.7. The van der Waals surface area contributed by atoms with Gasteiger partial charge in [-0.25, -0.2) is 9.48 Å². The van der Waals surface area contributed by atoms with Crippen molar-refractivity contribution in [2.24, 2.45) is 7.05 Å². The van der Waals surface area contributed by atoms with Gasteiger partial charge in [0.25, 0.3) is 0 Å². The molecule has 2 fully saturated rings. The van der Waals surface area contributed by atoms with Crippen molar-refractivity contribution in [2.75, 3.05) is 32.8 Å². The van der Waals surface area contributed by atoms with Crippen LogP contribution in [0.1, 0.15) is 25.7 Å². The van der Waals surface area contributed by atoms with E-state index in [1.807, 2.05) is 0 Å². The first-order valence-electron chi connectivity index (χ1n) is 8.80. The van der Waals surface area contributed by atoms with Crippen molar-refractivity contribution in [3.05, 3.63) is 16.8 Å². The number of carbonyl (C=O) groups excluding carboxylic acids is 2. The van der Waals surface area contributed by atoms with E-state index >= 15 is 0 Å². The van der Waals surface area contributed by atoms with E-state index in [1.165, 1.54) is 15.8 Å². The first kappa shape index (κ1) is 17.7. The molecule has 0 bridgehead atoms. The van der Waals surface area contributed by atoms with E-state index in [2.05, 4.69) is 5.10 Å². The molecule has 0 N–H and O–H groups in total. The summed E-state index contributed by atoms with van der Waals surface area (Å²) in [5.41, 5.74) is -0.351. The van der Waals surface area contributed by atoms with Gasteiger partial charge >= 0.3 is 5.69 Å². The Kier molecular flexibility index (Phi) is 5.52. The van der Waals surface area contributed by atoms with Gasteiger partial charge in [-0.15, -0.1) is 0 Å². The lowest BCUT2D eigenvalue weighted by Gasteiger charge is -2.27. The lowest BCUT2D eigenvalue weighted by Crippen LogP contribution is -2.46. The molecule has 9 nitrogen and oxygen atoms in total. The molecule has 0 spiro atoms. The predicted molar refractivity (Wildman–Crippen MR) is 88.8 cm³/mol. The Labute approximate surface area is 146 Å². The highest BCUT2D eigenvalue weighted by atomic mass is 16.5. The van der Waals surface area contributed by atoms with E-state index in [1.54, 1.807) is 11.9 Å². The fourth-order valence-corrected chi connectivity index (χ4v) is 3.28. The molecule has 2 saturated heterocycles. The van der Waals surface area contributed by atoms with Crippen molar-refractivity contribution in [3.63, 3.8) is 0 Å². The Morgan fingerprint density at radius 2 is 2.08 bits per heavy atom. The Balaban J connectivity index is 1.67. The molecule has 1 aromatic rings. The van der Waals surface area contributed by atoms with Gasteiger partial charge in [0.05, 0.1) is 12.6 Å². The van der Waals surface area contributed by atoms with Crippen LogP contribution in [0.15, 0.2) is 11.1 Å². The van der Waals surface area contributed by atoms with E-state index < -0.39 is 0 Å². The van der Waals surface area contributed by atoms with Crippen LogP contribution in [0.25, 0.3) is 0 Å². The second-order valence-electron chi connectivity index (χ2n) is 6.68. The largest absolute Gasteiger partial charge is 0.376 e. The predicted octanol–water partition coefficient (Wildman–Crippen LogP) is -0.788. The van der Waals surface area contributed by atoms with Gasteiger partial charge in [-0.2, -0.15) is 5.10 Å². The quantitative estimate of drug-likeness (QED) is 0.670. The molecule has 2 aliphatic rings. The Morgan fingerprint density at radius 3 is 2.68 bits per heavy atom. The summed E-state index contributed by atoms with van der Waals surface area (Å²) < 4.78 is 8.04. The normalized spacial score (nSPS) is 20.2. The third kappa shape index (κ3) is 4.28. The second kappa shape index (κ2) is 7.81. The standard InChI is InChI=1S/C16H25N5O4/c1-18-12-17-21(16(18)24)11-15(23)20(9-13-5-4-8-25-13)10-14(22)19-6-2-3-7-19/h12-13H,2-11H2,1H3. The van der Waals surface area contributed by atoms with E-state index in [-0.39, 0.29) is 36.7 Å². The molecule has 0 radical (unpaired) electrons. The summed E-state index contributed by atoms with van der Waals surface area (Å²) in [4.78, 5) is 40.4. The number of hydrogen-bond donors (Lipinski definition) is 0. The van der Waals surface area contributed by atoms with E-state index in [9.17, 15) is 14.4 Å². The maximum Gasteiger partial charge on any atom is 0.345 e. The summed E-state index contributed by atoms with van der Waals surface area (Å²) in [5, 5.41) is 3.92. The Morgan fingerprint density at radius 1 is 1.32 bits per heavy atom. The van der Waals surface area contributed by atoms with Crippen molar-refractivity contribution < 1.29 is 14.3 Å². The minimum atomic E-state index is -0.351. The van der Waals surface area contributed by atoms with Crippen LogP contribution in [0.3, 0.4) is 0 Å². The zero-order valence-corrected chi connectivity index (χ0v) is 14.6. The van der Waals surface area contributed by atoms with E-state index in [0.717, 1.165) is 43.5 Å². The molecular formula is C16H25N5O4. The molecule has 0 aliphatic carbocycles. The lowest BCUT2D eigenvalue weighted by molar-refractivity contribution is -0.141. The number of amides is 2.